The van der Waals surface area contributed by atoms with Gasteiger partial charge in [0.15, 0.2) is 0 Å². The van der Waals surface area contributed by atoms with Gasteiger partial charge in [0.05, 0.1) is 47.7 Å². The number of carbonyl (C=O) groups excluding carboxylic acids is 1. The third kappa shape index (κ3) is 5.38. The number of hydrogen-bond acceptors (Lipinski definition) is 7. The van der Waals surface area contributed by atoms with Gasteiger partial charge in [-0.15, -0.1) is 5.10 Å². The molecule has 41 heavy (non-hydrogen) atoms. The zero-order chi connectivity index (χ0) is 29.6. The number of anilines is 3. The molecule has 2 N–H and O–H groups in total. The first-order valence-electron chi connectivity index (χ1n) is 12.6. The summed E-state index contributed by atoms with van der Waals surface area (Å²) in [5.74, 6) is -1.46. The number of rotatable bonds is 8. The van der Waals surface area contributed by atoms with Crippen molar-refractivity contribution in [1.82, 2.24) is 19.9 Å². The molecule has 10 nitrogen and oxygen atoms in total. The van der Waals surface area contributed by atoms with Crippen LogP contribution in [0.4, 0.5) is 30.5 Å². The van der Waals surface area contributed by atoms with Crippen LogP contribution < -0.4 is 19.7 Å². The van der Waals surface area contributed by atoms with E-state index >= 15 is 0 Å². The van der Waals surface area contributed by atoms with E-state index in [4.69, 9.17) is 4.74 Å². The van der Waals surface area contributed by atoms with Crippen molar-refractivity contribution >= 4 is 38.8 Å². The summed E-state index contributed by atoms with van der Waals surface area (Å²) in [7, 11) is -0.617. The van der Waals surface area contributed by atoms with Crippen LogP contribution in [0.25, 0.3) is 16.8 Å². The molecule has 4 aromatic rings. The lowest BCUT2D eigenvalue weighted by Crippen LogP contribution is -2.54. The first-order chi connectivity index (χ1) is 19.3. The van der Waals surface area contributed by atoms with Crippen molar-refractivity contribution in [1.29, 1.82) is 0 Å². The lowest BCUT2D eigenvalue weighted by Gasteiger charge is -2.43. The first kappa shape index (κ1) is 28.2. The van der Waals surface area contributed by atoms with Crippen molar-refractivity contribution in [3.8, 4) is 17.0 Å². The minimum Gasteiger partial charge on any atom is -0.495 e. The molecule has 2 heterocycles. The predicted octanol–water partition coefficient (Wildman–Crippen LogP) is 4.60. The number of methoxy groups -OCH3 is 1. The monoisotopic (exact) mass is 588 g/mol. The highest BCUT2D eigenvalue weighted by Crippen LogP contribution is 2.44. The van der Waals surface area contributed by atoms with Crippen LogP contribution in [-0.4, -0.2) is 55.5 Å². The third-order valence-electron chi connectivity index (χ3n) is 7.23. The fourth-order valence-electron chi connectivity index (χ4n) is 4.82. The second-order valence-electron chi connectivity index (χ2n) is 9.81. The molecule has 5 rings (SSSR count). The van der Waals surface area contributed by atoms with Crippen LogP contribution in [-0.2, 0) is 20.4 Å². The Bertz CT molecular complexity index is 1730. The van der Waals surface area contributed by atoms with E-state index in [1.54, 1.807) is 59.2 Å². The van der Waals surface area contributed by atoms with Gasteiger partial charge in [-0.05, 0) is 55.2 Å². The predicted molar refractivity (Wildman–Crippen MR) is 148 cm³/mol. The Balaban J connectivity index is 1.47. The van der Waals surface area contributed by atoms with Crippen molar-refractivity contribution in [3.63, 3.8) is 0 Å². The molecular formula is C27H27F3N6O4S. The summed E-state index contributed by atoms with van der Waals surface area (Å²) >= 11 is 0. The lowest BCUT2D eigenvalue weighted by molar-refractivity contribution is -0.177. The number of hydrogen-bond donors (Lipinski definition) is 2. The molecule has 216 valence electrons. The summed E-state index contributed by atoms with van der Waals surface area (Å²) in [6.45, 7) is 0. The first-order valence-corrected chi connectivity index (χ1v) is 14.4. The highest BCUT2D eigenvalue weighted by Gasteiger charge is 2.47. The van der Waals surface area contributed by atoms with Crippen molar-refractivity contribution in [2.24, 2.45) is 0 Å². The van der Waals surface area contributed by atoms with Crippen LogP contribution in [0, 0.1) is 0 Å². The molecule has 1 aliphatic carbocycles. The van der Waals surface area contributed by atoms with E-state index in [2.05, 4.69) is 20.7 Å². The van der Waals surface area contributed by atoms with Gasteiger partial charge in [0.25, 0.3) is 0 Å². The Morgan fingerprint density at radius 2 is 1.85 bits per heavy atom. The van der Waals surface area contributed by atoms with Gasteiger partial charge in [-0.2, -0.15) is 13.2 Å². The normalized spacial score (nSPS) is 14.8. The van der Waals surface area contributed by atoms with Gasteiger partial charge in [-0.1, -0.05) is 24.3 Å². The summed E-state index contributed by atoms with van der Waals surface area (Å²) in [6.07, 6.45) is -0.842. The van der Waals surface area contributed by atoms with Crippen LogP contribution in [0.1, 0.15) is 24.8 Å². The quantitative estimate of drug-likeness (QED) is 0.309. The van der Waals surface area contributed by atoms with E-state index in [-0.39, 0.29) is 5.95 Å². The molecule has 1 amide bonds. The number of para-hydroxylation sites is 1. The smallest absolute Gasteiger partial charge is 0.471 e. The molecule has 1 aliphatic rings. The van der Waals surface area contributed by atoms with Gasteiger partial charge >= 0.3 is 12.1 Å². The van der Waals surface area contributed by atoms with Crippen LogP contribution in [0.5, 0.6) is 5.75 Å². The Kier molecular flexibility index (Phi) is 7.05. The van der Waals surface area contributed by atoms with Crippen LogP contribution in [0.2, 0.25) is 0 Å². The topological polar surface area (TPSA) is 118 Å². The van der Waals surface area contributed by atoms with Crippen LogP contribution in [0.3, 0.4) is 0 Å². The number of nitrogens with one attached hydrogen (secondary N) is 2. The van der Waals surface area contributed by atoms with E-state index in [1.165, 1.54) is 18.5 Å². The second kappa shape index (κ2) is 10.3. The lowest BCUT2D eigenvalue weighted by atomic mass is 9.71. The standard InChI is InChI=1S/C27H27F3N6O4S/c1-35(41(3,38)39)21-8-5-4-7-19(21)22-12-10-18-16-31-25(34-36(18)22)32-20-11-9-17(15-23(20)40-2)26(13-6-14-26)33-24(37)27(28,29)30/h4-5,7-12,15-16H,6,13-14H2,1-3H3,(H,32,34)(H,33,37). The number of carbonyl (C=O) groups is 1. The van der Waals surface area contributed by atoms with E-state index in [0.29, 0.717) is 58.7 Å². The molecular weight excluding hydrogens is 561 g/mol. The fourth-order valence-corrected chi connectivity index (χ4v) is 5.34. The number of amides is 1. The summed E-state index contributed by atoms with van der Waals surface area (Å²) in [5, 5.41) is 9.84. The number of aromatic nitrogens is 3. The van der Waals surface area contributed by atoms with Gasteiger partial charge < -0.3 is 15.4 Å². The highest BCUT2D eigenvalue weighted by molar-refractivity contribution is 7.92. The molecule has 0 radical (unpaired) electrons. The maximum Gasteiger partial charge on any atom is 0.471 e. The van der Waals surface area contributed by atoms with Crippen molar-refractivity contribution in [3.05, 3.63) is 66.4 Å². The molecule has 0 saturated heterocycles. The number of sulfonamides is 1. The maximum absolute atomic E-state index is 13.0. The average Bonchev–Trinajstić information content (AvgIpc) is 3.32. The zero-order valence-electron chi connectivity index (χ0n) is 22.4. The number of alkyl halides is 3. The van der Waals surface area contributed by atoms with Crippen molar-refractivity contribution in [2.75, 3.05) is 30.0 Å². The molecule has 0 unspecified atom stereocenters. The largest absolute Gasteiger partial charge is 0.495 e. The molecule has 2 aromatic carbocycles. The SMILES string of the molecule is COc1cc(C2(NC(=O)C(F)(F)F)CCC2)ccc1Nc1ncc2ccc(-c3ccccc3N(C)S(C)(=O)=O)n2n1. The van der Waals surface area contributed by atoms with Crippen LogP contribution in [0.15, 0.2) is 60.8 Å². The zero-order valence-corrected chi connectivity index (χ0v) is 23.2. The number of ether oxygens (including phenoxy) is 1. The summed E-state index contributed by atoms with van der Waals surface area (Å²) in [5.41, 5.74) is 2.24. The Labute approximate surface area is 234 Å². The molecule has 14 heteroatoms. The molecule has 0 atom stereocenters. The summed E-state index contributed by atoms with van der Waals surface area (Å²) in [6, 6.07) is 15.5. The fraction of sp³-hybridized carbons (Fsp3) is 0.296. The second-order valence-corrected chi connectivity index (χ2v) is 11.8. The molecule has 1 saturated carbocycles. The summed E-state index contributed by atoms with van der Waals surface area (Å²) < 4.78 is 71.7. The molecule has 0 bridgehead atoms. The van der Waals surface area contributed by atoms with Gasteiger partial charge in [0.2, 0.25) is 16.0 Å². The number of fused-ring (bicyclic) bond motifs is 1. The van der Waals surface area contributed by atoms with Gasteiger partial charge in [-0.25, -0.2) is 17.9 Å². The Hall–Kier alpha value is -4.33. The number of halogens is 3. The minimum atomic E-state index is -4.98. The third-order valence-corrected chi connectivity index (χ3v) is 8.42. The van der Waals surface area contributed by atoms with E-state index in [1.807, 2.05) is 6.07 Å². The Morgan fingerprint density at radius 3 is 2.49 bits per heavy atom. The van der Waals surface area contributed by atoms with Crippen LogP contribution >= 0.6 is 0 Å². The molecule has 1 fully saturated rings. The molecule has 0 aliphatic heterocycles. The van der Waals surface area contributed by atoms with E-state index < -0.39 is 27.6 Å². The van der Waals surface area contributed by atoms with E-state index in [0.717, 1.165) is 6.26 Å². The molecule has 2 aromatic heterocycles. The van der Waals surface area contributed by atoms with Crippen molar-refractivity contribution in [2.45, 2.75) is 31.0 Å². The average molecular weight is 589 g/mol. The number of nitrogens with zero attached hydrogens (tertiary/aromatic N) is 4. The van der Waals surface area contributed by atoms with Crippen molar-refractivity contribution < 1.29 is 31.1 Å². The minimum absolute atomic E-state index is 0.193. The van der Waals surface area contributed by atoms with Gasteiger partial charge in [-0.3, -0.25) is 9.10 Å². The van der Waals surface area contributed by atoms with Gasteiger partial charge in [0, 0.05) is 12.6 Å². The maximum atomic E-state index is 13.0. The highest BCUT2D eigenvalue weighted by atomic mass is 32.2. The van der Waals surface area contributed by atoms with E-state index in [9.17, 15) is 26.4 Å². The Morgan fingerprint density at radius 1 is 1.12 bits per heavy atom. The number of benzene rings is 2. The molecule has 0 spiro atoms. The summed E-state index contributed by atoms with van der Waals surface area (Å²) in [4.78, 5) is 16.1. The van der Waals surface area contributed by atoms with Gasteiger partial charge in [0.1, 0.15) is 5.75 Å².